The van der Waals surface area contributed by atoms with Crippen LogP contribution < -0.4 is 5.73 Å². The van der Waals surface area contributed by atoms with Crippen molar-refractivity contribution in [2.45, 2.75) is 6.42 Å². The molecule has 58 valence electrons. The van der Waals surface area contributed by atoms with Crippen LogP contribution in [-0.4, -0.2) is 4.99 Å². The summed E-state index contributed by atoms with van der Waals surface area (Å²) in [5.41, 5.74) is 6.10. The van der Waals surface area contributed by atoms with Crippen LogP contribution >= 0.6 is 12.2 Å². The van der Waals surface area contributed by atoms with Crippen molar-refractivity contribution in [1.29, 1.82) is 0 Å². The summed E-state index contributed by atoms with van der Waals surface area (Å²) in [6.07, 6.45) is 0.465. The molecule has 0 amide bonds. The predicted octanol–water partition coefficient (Wildman–Crippen LogP) is 1.65. The van der Waals surface area contributed by atoms with Crippen molar-refractivity contribution in [3.05, 3.63) is 35.6 Å². The van der Waals surface area contributed by atoms with Gasteiger partial charge < -0.3 is 5.73 Å². The molecule has 0 aromatic heterocycles. The highest BCUT2D eigenvalue weighted by atomic mass is 32.1. The van der Waals surface area contributed by atoms with Gasteiger partial charge in [-0.05, 0) is 17.7 Å². The quantitative estimate of drug-likeness (QED) is 0.681. The Labute approximate surface area is 70.0 Å². The van der Waals surface area contributed by atoms with Crippen molar-refractivity contribution >= 4 is 17.2 Å². The molecule has 0 radical (unpaired) electrons. The lowest BCUT2D eigenvalue weighted by molar-refractivity contribution is 0.626. The Balaban J connectivity index is 2.79. The Hall–Kier alpha value is -0.960. The second kappa shape index (κ2) is 3.44. The number of rotatable bonds is 2. The Morgan fingerprint density at radius 2 is 2.27 bits per heavy atom. The van der Waals surface area contributed by atoms with Crippen molar-refractivity contribution in [2.24, 2.45) is 5.73 Å². The van der Waals surface area contributed by atoms with Gasteiger partial charge in [-0.2, -0.15) is 0 Å². The van der Waals surface area contributed by atoms with Gasteiger partial charge in [0.25, 0.3) is 0 Å². The Bertz CT molecular complexity index is 273. The van der Waals surface area contributed by atoms with Crippen LogP contribution in [0.3, 0.4) is 0 Å². The number of nitrogens with two attached hydrogens (primary N) is 1. The molecular weight excluding hydrogens is 161 g/mol. The first-order chi connectivity index (χ1) is 5.18. The minimum atomic E-state index is -0.251. The molecule has 11 heavy (non-hydrogen) atoms. The largest absolute Gasteiger partial charge is 0.393 e. The van der Waals surface area contributed by atoms with Crippen molar-refractivity contribution in [1.82, 2.24) is 0 Å². The molecule has 0 bridgehead atoms. The molecule has 0 saturated heterocycles. The molecule has 0 unspecified atom stereocenters. The van der Waals surface area contributed by atoms with Crippen LogP contribution in [0.5, 0.6) is 0 Å². The molecule has 0 atom stereocenters. The molecule has 3 heteroatoms. The van der Waals surface area contributed by atoms with Crippen LogP contribution in [0.15, 0.2) is 24.3 Å². The zero-order valence-electron chi connectivity index (χ0n) is 5.88. The number of benzene rings is 1. The SMILES string of the molecule is NC(=S)Cc1cccc(F)c1. The normalized spacial score (nSPS) is 9.55. The maximum Gasteiger partial charge on any atom is 0.123 e. The lowest BCUT2D eigenvalue weighted by atomic mass is 10.1. The van der Waals surface area contributed by atoms with E-state index in [0.29, 0.717) is 11.4 Å². The fraction of sp³-hybridized carbons (Fsp3) is 0.125. The number of thiocarbonyl (C=S) groups is 1. The predicted molar refractivity (Wildman–Crippen MR) is 46.9 cm³/mol. The second-order valence-corrected chi connectivity index (χ2v) is 2.80. The van der Waals surface area contributed by atoms with Gasteiger partial charge >= 0.3 is 0 Å². The van der Waals surface area contributed by atoms with E-state index in [9.17, 15) is 4.39 Å². The van der Waals surface area contributed by atoms with Crippen LogP contribution in [0.4, 0.5) is 4.39 Å². The van der Waals surface area contributed by atoms with Crippen LogP contribution in [0.25, 0.3) is 0 Å². The zero-order valence-corrected chi connectivity index (χ0v) is 6.70. The van der Waals surface area contributed by atoms with Gasteiger partial charge in [0.2, 0.25) is 0 Å². The fourth-order valence-electron chi connectivity index (χ4n) is 0.848. The van der Waals surface area contributed by atoms with E-state index in [1.165, 1.54) is 12.1 Å². The lowest BCUT2D eigenvalue weighted by Crippen LogP contribution is -2.10. The summed E-state index contributed by atoms with van der Waals surface area (Å²) < 4.78 is 12.5. The highest BCUT2D eigenvalue weighted by Crippen LogP contribution is 2.03. The monoisotopic (exact) mass is 169 g/mol. The topological polar surface area (TPSA) is 26.0 Å². The Kier molecular flexibility index (Phi) is 2.54. The van der Waals surface area contributed by atoms with Gasteiger partial charge in [0.1, 0.15) is 5.82 Å². The Morgan fingerprint density at radius 3 is 2.82 bits per heavy atom. The van der Waals surface area contributed by atoms with E-state index in [-0.39, 0.29) is 5.82 Å². The summed E-state index contributed by atoms with van der Waals surface area (Å²) in [4.78, 5) is 0.385. The summed E-state index contributed by atoms with van der Waals surface area (Å²) in [6, 6.07) is 6.26. The zero-order chi connectivity index (χ0) is 8.27. The molecule has 2 N–H and O–H groups in total. The summed E-state index contributed by atoms with van der Waals surface area (Å²) >= 11 is 4.68. The average Bonchev–Trinajstić information content (AvgIpc) is 1.85. The molecule has 0 aliphatic carbocycles. The molecule has 0 saturated carbocycles. The van der Waals surface area contributed by atoms with Gasteiger partial charge in [-0.15, -0.1) is 0 Å². The molecule has 1 aromatic rings. The van der Waals surface area contributed by atoms with Gasteiger partial charge in [0.15, 0.2) is 0 Å². The van der Waals surface area contributed by atoms with Gasteiger partial charge in [-0.25, -0.2) is 4.39 Å². The third-order valence-corrected chi connectivity index (χ3v) is 1.41. The van der Waals surface area contributed by atoms with Crippen molar-refractivity contribution in [3.63, 3.8) is 0 Å². The van der Waals surface area contributed by atoms with E-state index < -0.39 is 0 Å². The van der Waals surface area contributed by atoms with Crippen molar-refractivity contribution in [2.75, 3.05) is 0 Å². The number of hydrogen-bond donors (Lipinski definition) is 1. The number of halogens is 1. The molecule has 0 aliphatic heterocycles. The summed E-state index contributed by atoms with van der Waals surface area (Å²) in [5, 5.41) is 0. The van der Waals surface area contributed by atoms with E-state index in [1.54, 1.807) is 12.1 Å². The minimum Gasteiger partial charge on any atom is -0.393 e. The lowest BCUT2D eigenvalue weighted by Gasteiger charge is -1.97. The molecule has 1 rings (SSSR count). The van der Waals surface area contributed by atoms with E-state index in [1.807, 2.05) is 0 Å². The Morgan fingerprint density at radius 1 is 1.55 bits per heavy atom. The fourth-order valence-corrected chi connectivity index (χ4v) is 1.01. The van der Waals surface area contributed by atoms with Crippen molar-refractivity contribution in [3.8, 4) is 0 Å². The van der Waals surface area contributed by atoms with E-state index in [4.69, 9.17) is 5.73 Å². The average molecular weight is 169 g/mol. The first-order valence-corrected chi connectivity index (χ1v) is 3.62. The van der Waals surface area contributed by atoms with Crippen molar-refractivity contribution < 1.29 is 4.39 Å². The second-order valence-electron chi connectivity index (χ2n) is 2.27. The third-order valence-electron chi connectivity index (χ3n) is 1.27. The maximum absolute atomic E-state index is 12.5. The van der Waals surface area contributed by atoms with Crippen LogP contribution in [-0.2, 0) is 6.42 Å². The molecular formula is C8H8FNS. The summed E-state index contributed by atoms with van der Waals surface area (Å²) in [7, 11) is 0. The molecule has 0 heterocycles. The molecule has 0 spiro atoms. The minimum absolute atomic E-state index is 0.251. The molecule has 0 fully saturated rings. The first kappa shape index (κ1) is 8.14. The molecule has 1 nitrogen and oxygen atoms in total. The van der Waals surface area contributed by atoms with Crippen LogP contribution in [0, 0.1) is 5.82 Å². The highest BCUT2D eigenvalue weighted by Gasteiger charge is 1.95. The third kappa shape index (κ3) is 2.63. The van der Waals surface area contributed by atoms with E-state index in [2.05, 4.69) is 12.2 Å². The molecule has 1 aromatic carbocycles. The van der Waals surface area contributed by atoms with Gasteiger partial charge in [-0.1, -0.05) is 24.4 Å². The number of hydrogen-bond acceptors (Lipinski definition) is 1. The van der Waals surface area contributed by atoms with Gasteiger partial charge in [-0.3, -0.25) is 0 Å². The molecule has 0 aliphatic rings. The summed E-state index contributed by atoms with van der Waals surface area (Å²) in [5.74, 6) is -0.251. The maximum atomic E-state index is 12.5. The van der Waals surface area contributed by atoms with Gasteiger partial charge in [0.05, 0.1) is 4.99 Å². The smallest absolute Gasteiger partial charge is 0.123 e. The van der Waals surface area contributed by atoms with E-state index >= 15 is 0 Å². The summed E-state index contributed by atoms with van der Waals surface area (Å²) in [6.45, 7) is 0. The van der Waals surface area contributed by atoms with Gasteiger partial charge in [0, 0.05) is 6.42 Å². The first-order valence-electron chi connectivity index (χ1n) is 3.21. The van der Waals surface area contributed by atoms with Crippen LogP contribution in [0.2, 0.25) is 0 Å². The van der Waals surface area contributed by atoms with Crippen LogP contribution in [0.1, 0.15) is 5.56 Å². The highest BCUT2D eigenvalue weighted by molar-refractivity contribution is 7.80. The van der Waals surface area contributed by atoms with E-state index in [0.717, 1.165) is 5.56 Å². The standard InChI is InChI=1S/C8H8FNS/c9-7-3-1-2-6(4-7)5-8(10)11/h1-4H,5H2,(H2,10,11).